The average molecular weight is 558 g/mol. The van der Waals surface area contributed by atoms with Gasteiger partial charge in [0.1, 0.15) is 29.6 Å². The van der Waals surface area contributed by atoms with Gasteiger partial charge in [0.25, 0.3) is 11.6 Å². The molecule has 0 radical (unpaired) electrons. The fourth-order valence-electron chi connectivity index (χ4n) is 3.12. The van der Waals surface area contributed by atoms with Gasteiger partial charge in [0.15, 0.2) is 5.76 Å². The van der Waals surface area contributed by atoms with Gasteiger partial charge in [-0.1, -0.05) is 23.7 Å². The molecule has 0 aliphatic heterocycles. The Bertz CT molecular complexity index is 1400. The van der Waals surface area contributed by atoms with Crippen molar-refractivity contribution in [2.45, 2.75) is 13.5 Å². The minimum Gasteiger partial charge on any atom is -0.484 e. The number of ether oxygens (including phenoxy) is 2. The first-order valence-electron chi connectivity index (χ1n) is 10.3. The smallest absolute Gasteiger partial charge is 0.291 e. The summed E-state index contributed by atoms with van der Waals surface area (Å²) < 4.78 is 17.8. The van der Waals surface area contributed by atoms with Crippen LogP contribution in [0.15, 0.2) is 81.7 Å². The molecule has 0 unspecified atom stereocenters. The first-order chi connectivity index (χ1) is 16.8. The molecular weight excluding hydrogens is 540 g/mol. The van der Waals surface area contributed by atoms with Crippen LogP contribution in [0.3, 0.4) is 0 Å². The monoisotopic (exact) mass is 556 g/mol. The maximum Gasteiger partial charge on any atom is 0.291 e. The van der Waals surface area contributed by atoms with Crippen molar-refractivity contribution in [2.75, 3.05) is 5.32 Å². The van der Waals surface area contributed by atoms with Crippen molar-refractivity contribution < 1.29 is 23.6 Å². The zero-order chi connectivity index (χ0) is 24.9. The number of hydrogen-bond donors (Lipinski definition) is 1. The van der Waals surface area contributed by atoms with Gasteiger partial charge in [-0.25, -0.2) is 0 Å². The average Bonchev–Trinajstić information content (AvgIpc) is 3.30. The molecule has 3 aromatic carbocycles. The van der Waals surface area contributed by atoms with E-state index in [9.17, 15) is 14.9 Å². The van der Waals surface area contributed by atoms with Crippen molar-refractivity contribution in [3.05, 3.63) is 109 Å². The van der Waals surface area contributed by atoms with Gasteiger partial charge in [0.2, 0.25) is 0 Å². The molecule has 10 heteroatoms. The Hall–Kier alpha value is -3.82. The topological polar surface area (TPSA) is 104 Å². The van der Waals surface area contributed by atoms with Crippen molar-refractivity contribution in [3.8, 4) is 17.2 Å². The van der Waals surface area contributed by atoms with E-state index in [2.05, 4.69) is 21.2 Å². The number of anilines is 1. The van der Waals surface area contributed by atoms with Crippen LogP contribution >= 0.6 is 27.5 Å². The van der Waals surface area contributed by atoms with Gasteiger partial charge in [0, 0.05) is 17.2 Å². The van der Waals surface area contributed by atoms with E-state index in [0.717, 1.165) is 10.0 Å². The first-order valence-corrected chi connectivity index (χ1v) is 11.5. The van der Waals surface area contributed by atoms with E-state index in [1.807, 2.05) is 25.1 Å². The van der Waals surface area contributed by atoms with Crippen molar-refractivity contribution in [1.29, 1.82) is 0 Å². The van der Waals surface area contributed by atoms with Gasteiger partial charge >= 0.3 is 0 Å². The minimum absolute atomic E-state index is 0.0260. The largest absolute Gasteiger partial charge is 0.484 e. The number of nitro benzene ring substituents is 1. The number of hydrogen-bond acceptors (Lipinski definition) is 6. The third-order valence-corrected chi connectivity index (χ3v) is 5.90. The lowest BCUT2D eigenvalue weighted by molar-refractivity contribution is -0.384. The molecule has 35 heavy (non-hydrogen) atoms. The molecule has 0 spiro atoms. The molecule has 0 aliphatic carbocycles. The molecule has 178 valence electrons. The van der Waals surface area contributed by atoms with Gasteiger partial charge in [-0.2, -0.15) is 0 Å². The molecule has 4 rings (SSSR count). The van der Waals surface area contributed by atoms with Gasteiger partial charge in [0.05, 0.1) is 21.1 Å². The summed E-state index contributed by atoms with van der Waals surface area (Å²) in [6.07, 6.45) is 0. The molecule has 0 saturated carbocycles. The van der Waals surface area contributed by atoms with Crippen LogP contribution in [0.5, 0.6) is 17.2 Å². The Morgan fingerprint density at radius 3 is 2.63 bits per heavy atom. The number of non-ortho nitro benzene ring substituents is 1. The third kappa shape index (κ3) is 6.20. The second kappa shape index (κ2) is 10.6. The van der Waals surface area contributed by atoms with Crippen LogP contribution in [0.25, 0.3) is 0 Å². The highest BCUT2D eigenvalue weighted by Crippen LogP contribution is 2.32. The molecule has 8 nitrogen and oxygen atoms in total. The van der Waals surface area contributed by atoms with Crippen LogP contribution in [0.1, 0.15) is 21.9 Å². The number of carbonyl (C=O) groups excluding carboxylic acids is 1. The number of nitro groups is 1. The van der Waals surface area contributed by atoms with Crippen molar-refractivity contribution >= 4 is 44.8 Å². The summed E-state index contributed by atoms with van der Waals surface area (Å²) in [5, 5.41) is 14.6. The second-order valence-corrected chi connectivity index (χ2v) is 8.69. The number of nitrogens with zero attached hydrogens (tertiary/aromatic N) is 1. The maximum absolute atomic E-state index is 12.7. The molecule has 0 atom stereocenters. The van der Waals surface area contributed by atoms with Crippen LogP contribution in [-0.4, -0.2) is 10.8 Å². The lowest BCUT2D eigenvalue weighted by atomic mass is 10.2. The normalized spacial score (nSPS) is 10.6. The Balaban J connectivity index is 1.48. The van der Waals surface area contributed by atoms with E-state index in [-0.39, 0.29) is 29.5 Å². The summed E-state index contributed by atoms with van der Waals surface area (Å²) in [7, 11) is 0. The summed E-state index contributed by atoms with van der Waals surface area (Å²) in [5.41, 5.74) is 0.720. The number of furan rings is 1. The number of para-hydroxylation sites is 1. The summed E-state index contributed by atoms with van der Waals surface area (Å²) >= 11 is 9.44. The molecule has 0 saturated heterocycles. The molecule has 4 aromatic rings. The van der Waals surface area contributed by atoms with Gasteiger partial charge < -0.3 is 19.2 Å². The van der Waals surface area contributed by atoms with E-state index in [1.165, 1.54) is 24.3 Å². The number of benzene rings is 3. The summed E-state index contributed by atoms with van der Waals surface area (Å²) in [6, 6.07) is 19.5. The van der Waals surface area contributed by atoms with E-state index in [0.29, 0.717) is 22.3 Å². The molecule has 0 aliphatic rings. The molecule has 1 N–H and O–H groups in total. The maximum atomic E-state index is 12.7. The third-order valence-electron chi connectivity index (χ3n) is 4.82. The van der Waals surface area contributed by atoms with Crippen molar-refractivity contribution in [3.63, 3.8) is 0 Å². The van der Waals surface area contributed by atoms with E-state index in [1.54, 1.807) is 30.3 Å². The minimum atomic E-state index is -0.578. The highest BCUT2D eigenvalue weighted by molar-refractivity contribution is 9.10. The van der Waals surface area contributed by atoms with Crippen molar-refractivity contribution in [1.82, 2.24) is 0 Å². The number of rotatable bonds is 8. The second-order valence-electron chi connectivity index (χ2n) is 7.42. The van der Waals surface area contributed by atoms with Crippen molar-refractivity contribution in [2.24, 2.45) is 0 Å². The van der Waals surface area contributed by atoms with Gasteiger partial charge in [-0.05, 0) is 70.9 Å². The summed E-state index contributed by atoms with van der Waals surface area (Å²) in [6.45, 7) is 1.93. The SMILES string of the molecule is Cc1cc(Oc2cc(NC(=O)c3ccc(COc4ccccc4Br)o3)cc([N+](=O)[O-])c2)ccc1Cl. The fraction of sp³-hybridized carbons (Fsp3) is 0.0800. The standard InChI is InChI=1S/C25H18BrClN2O6/c1-15-10-18(6-8-22(15)27)34-20-12-16(11-17(13-20)29(31)32)28-25(30)24-9-7-19(35-24)14-33-23-5-3-2-4-21(23)26/h2-13H,14H2,1H3,(H,28,30). The van der Waals surface area contributed by atoms with E-state index in [4.69, 9.17) is 25.5 Å². The van der Waals surface area contributed by atoms with Gasteiger partial charge in [-0.15, -0.1) is 0 Å². The lowest BCUT2D eigenvalue weighted by Gasteiger charge is -2.10. The number of carbonyl (C=O) groups is 1. The van der Waals surface area contributed by atoms with Crippen LogP contribution in [0, 0.1) is 17.0 Å². The number of halogens is 2. The van der Waals surface area contributed by atoms with E-state index >= 15 is 0 Å². The predicted octanol–water partition coefficient (Wildman–Crippen LogP) is 7.54. The number of amides is 1. The van der Waals surface area contributed by atoms with Crippen LogP contribution in [0.4, 0.5) is 11.4 Å². The molecule has 1 aromatic heterocycles. The summed E-state index contributed by atoms with van der Waals surface area (Å²) in [4.78, 5) is 23.6. The van der Waals surface area contributed by atoms with Gasteiger partial charge in [-0.3, -0.25) is 14.9 Å². The summed E-state index contributed by atoms with van der Waals surface area (Å²) in [5.74, 6) is 1.15. The van der Waals surface area contributed by atoms with E-state index < -0.39 is 10.8 Å². The van der Waals surface area contributed by atoms with Crippen LogP contribution in [-0.2, 0) is 6.61 Å². The highest BCUT2D eigenvalue weighted by atomic mass is 79.9. The zero-order valence-electron chi connectivity index (χ0n) is 18.3. The fourth-order valence-corrected chi connectivity index (χ4v) is 3.63. The van der Waals surface area contributed by atoms with Crippen LogP contribution in [0.2, 0.25) is 5.02 Å². The molecule has 1 heterocycles. The Morgan fingerprint density at radius 1 is 1.09 bits per heavy atom. The molecule has 0 fully saturated rings. The molecule has 1 amide bonds. The number of nitrogens with one attached hydrogen (secondary N) is 1. The zero-order valence-corrected chi connectivity index (χ0v) is 20.6. The van der Waals surface area contributed by atoms with Crippen LogP contribution < -0.4 is 14.8 Å². The first kappa shape index (κ1) is 24.3. The Morgan fingerprint density at radius 2 is 1.89 bits per heavy atom. The quantitative estimate of drug-likeness (QED) is 0.177. The Labute approximate surface area is 213 Å². The molecule has 0 bridgehead atoms. The lowest BCUT2D eigenvalue weighted by Crippen LogP contribution is -2.11. The number of aryl methyl sites for hydroxylation is 1. The Kier molecular flexibility index (Phi) is 7.38. The predicted molar refractivity (Wildman–Crippen MR) is 134 cm³/mol. The molecular formula is C25H18BrClN2O6. The highest BCUT2D eigenvalue weighted by Gasteiger charge is 2.17.